The second-order valence-corrected chi connectivity index (χ2v) is 15.6. The van der Waals surface area contributed by atoms with Gasteiger partial charge in [-0.2, -0.15) is 0 Å². The Bertz CT molecular complexity index is 2040. The quantitative estimate of drug-likeness (QED) is 0.0188. The summed E-state index contributed by atoms with van der Waals surface area (Å²) in [5.74, 6) is 6.19. The highest BCUT2D eigenvalue weighted by Crippen LogP contribution is 2.34. The number of ether oxygens (including phenoxy) is 3. The van der Waals surface area contributed by atoms with Crippen LogP contribution in [-0.4, -0.2) is 80.2 Å². The highest BCUT2D eigenvalue weighted by molar-refractivity contribution is 6.24. The average Bonchev–Trinajstić information content (AvgIpc) is 3.47. The molecule has 1 unspecified atom stereocenters. The maximum Gasteiger partial charge on any atom is 0.273 e. The van der Waals surface area contributed by atoms with Crippen LogP contribution in [0.15, 0.2) is 66.0 Å². The van der Waals surface area contributed by atoms with Gasteiger partial charge in [0, 0.05) is 43.5 Å². The molecule has 1 atom stereocenters. The predicted molar refractivity (Wildman–Crippen MR) is 228 cm³/mol. The summed E-state index contributed by atoms with van der Waals surface area (Å²) < 4.78 is 16.9. The maximum absolute atomic E-state index is 13.4. The summed E-state index contributed by atoms with van der Waals surface area (Å²) in [7, 11) is 4.78. The second kappa shape index (κ2) is 20.6. The first-order valence-electron chi connectivity index (χ1n) is 19.8. The van der Waals surface area contributed by atoms with E-state index in [1.807, 2.05) is 12.1 Å². The second-order valence-electron chi connectivity index (χ2n) is 15.6. The van der Waals surface area contributed by atoms with E-state index in [4.69, 9.17) is 31.5 Å². The number of hydrazine groups is 1. The lowest BCUT2D eigenvalue weighted by Crippen LogP contribution is -2.41. The number of nitrogen functional groups attached to an aromatic ring is 1. The first kappa shape index (κ1) is 45.6. The van der Waals surface area contributed by atoms with Crippen LogP contribution in [0, 0.1) is 0 Å². The predicted octanol–water partition coefficient (Wildman–Crippen LogP) is 5.91. The summed E-state index contributed by atoms with van der Waals surface area (Å²) in [6, 6.07) is 14.4. The number of aldehydes is 1. The van der Waals surface area contributed by atoms with E-state index in [-0.39, 0.29) is 46.7 Å². The van der Waals surface area contributed by atoms with E-state index >= 15 is 0 Å². The van der Waals surface area contributed by atoms with Gasteiger partial charge in [0.1, 0.15) is 34.9 Å². The molecular weight excluding hydrogens is 755 g/mol. The zero-order valence-electron chi connectivity index (χ0n) is 35.3. The Hall–Kier alpha value is -6.09. The van der Waals surface area contributed by atoms with E-state index < -0.39 is 23.8 Å². The van der Waals surface area contributed by atoms with Gasteiger partial charge in [-0.05, 0) is 73.6 Å². The van der Waals surface area contributed by atoms with Crippen LogP contribution in [0.2, 0.25) is 0 Å². The number of amides is 4. The molecule has 0 radical (unpaired) electrons. The first-order chi connectivity index (χ1) is 28.0. The lowest BCUT2D eigenvalue weighted by molar-refractivity contribution is -0.130. The van der Waals surface area contributed by atoms with Gasteiger partial charge >= 0.3 is 0 Å². The fraction of sp³-hybridized carbons (Fsp3) is 0.432. The SMILES string of the molecule is COc1ccc(OC)c(N(N)/C(C)=C(\N)C(=O)Nc2cc(OCCCCCCCCN(C)C(=O)CCC(C=O)N3C(=O)c4cccc(N)c4C3=O)cc(C(C)(C)C)c2)c1. The number of nitrogens with two attached hydrogens (primary N) is 3. The molecule has 1 aliphatic rings. The summed E-state index contributed by atoms with van der Waals surface area (Å²) in [6.07, 6.45) is 6.15. The number of fused-ring (bicyclic) bond motifs is 1. The Morgan fingerprint density at radius 1 is 0.915 bits per heavy atom. The topological polar surface area (TPSA) is 213 Å². The Morgan fingerprint density at radius 2 is 1.61 bits per heavy atom. The van der Waals surface area contributed by atoms with Crippen molar-refractivity contribution in [3.8, 4) is 17.2 Å². The molecule has 4 rings (SSSR count). The first-order valence-corrected chi connectivity index (χ1v) is 19.8. The standard InChI is InChI=1S/C44H59N7O8/c1-28(51(47)36-26-32(57-6)18-19-37(36)58-7)40(46)41(54)48-30-23-29(44(2,3)4)24-33(25-30)59-22-13-11-9-8-10-12-21-49(5)38(53)20-17-31(27-52)50-42(55)34-15-14-16-35(45)39(34)43(50)56/h14-16,18-19,23-27,31H,8-13,17,20-22,45-47H2,1-7H3,(H,48,54)/b40-28-. The highest BCUT2D eigenvalue weighted by atomic mass is 16.5. The van der Waals surface area contributed by atoms with Crippen LogP contribution in [0.1, 0.15) is 105 Å². The molecule has 7 N–H and O–H groups in total. The van der Waals surface area contributed by atoms with Gasteiger partial charge in [-0.3, -0.25) is 29.1 Å². The van der Waals surface area contributed by atoms with Gasteiger partial charge < -0.3 is 40.7 Å². The van der Waals surface area contributed by atoms with Crippen molar-refractivity contribution in [3.05, 3.63) is 82.7 Å². The molecule has 0 spiro atoms. The van der Waals surface area contributed by atoms with Crippen LogP contribution in [0.5, 0.6) is 17.2 Å². The summed E-state index contributed by atoms with van der Waals surface area (Å²) in [5.41, 5.74) is 14.7. The van der Waals surface area contributed by atoms with Crippen LogP contribution in [0.25, 0.3) is 0 Å². The summed E-state index contributed by atoms with van der Waals surface area (Å²) in [6.45, 7) is 8.95. The molecule has 0 fully saturated rings. The van der Waals surface area contributed by atoms with Gasteiger partial charge in [0.2, 0.25) is 5.91 Å². The number of carbonyl (C=O) groups excluding carboxylic acids is 5. The molecule has 59 heavy (non-hydrogen) atoms. The van der Waals surface area contributed by atoms with Crippen molar-refractivity contribution >= 4 is 47.0 Å². The fourth-order valence-corrected chi connectivity index (χ4v) is 6.67. The maximum atomic E-state index is 13.4. The molecule has 4 amide bonds. The molecular formula is C44H59N7O8. The molecule has 0 saturated carbocycles. The fourth-order valence-electron chi connectivity index (χ4n) is 6.67. The Morgan fingerprint density at radius 3 is 2.25 bits per heavy atom. The van der Waals surface area contributed by atoms with Crippen molar-refractivity contribution in [3.63, 3.8) is 0 Å². The Labute approximate surface area is 346 Å². The molecule has 3 aromatic rings. The van der Waals surface area contributed by atoms with Gasteiger partial charge in [0.25, 0.3) is 17.7 Å². The summed E-state index contributed by atoms with van der Waals surface area (Å²) in [5, 5.41) is 4.19. The molecule has 1 heterocycles. The van der Waals surface area contributed by atoms with Crippen LogP contribution in [0.4, 0.5) is 17.1 Å². The van der Waals surface area contributed by atoms with Crippen molar-refractivity contribution in [1.29, 1.82) is 0 Å². The van der Waals surface area contributed by atoms with Crippen LogP contribution >= 0.6 is 0 Å². The van der Waals surface area contributed by atoms with E-state index in [1.54, 1.807) is 56.3 Å². The van der Waals surface area contributed by atoms with Crippen LogP contribution in [0.3, 0.4) is 0 Å². The van der Waals surface area contributed by atoms with Gasteiger partial charge in [0.05, 0.1) is 43.7 Å². The van der Waals surface area contributed by atoms with Gasteiger partial charge in [-0.25, -0.2) is 5.84 Å². The van der Waals surface area contributed by atoms with Gasteiger partial charge in [-0.15, -0.1) is 0 Å². The number of unbranched alkanes of at least 4 members (excludes halogenated alkanes) is 5. The van der Waals surface area contributed by atoms with E-state index in [0.717, 1.165) is 49.0 Å². The highest BCUT2D eigenvalue weighted by Gasteiger charge is 2.41. The number of nitrogens with zero attached hydrogens (tertiary/aromatic N) is 3. The van der Waals surface area contributed by atoms with Gasteiger partial charge in [-0.1, -0.05) is 52.5 Å². The Kier molecular flexibility index (Phi) is 15.9. The number of hydrogen-bond donors (Lipinski definition) is 4. The molecule has 0 aliphatic carbocycles. The number of hydrogen-bond acceptors (Lipinski definition) is 12. The van der Waals surface area contributed by atoms with Crippen molar-refractivity contribution in [1.82, 2.24) is 9.80 Å². The number of imide groups is 1. The molecule has 1 aliphatic heterocycles. The van der Waals surface area contributed by atoms with E-state index in [1.165, 1.54) is 24.3 Å². The number of benzene rings is 3. The Balaban J connectivity index is 1.19. The van der Waals surface area contributed by atoms with Crippen LogP contribution < -0.4 is 41.8 Å². The molecule has 15 heteroatoms. The largest absolute Gasteiger partial charge is 0.497 e. The number of carbonyl (C=O) groups is 5. The van der Waals surface area contributed by atoms with E-state index in [0.29, 0.717) is 53.8 Å². The monoisotopic (exact) mass is 813 g/mol. The average molecular weight is 814 g/mol. The number of anilines is 3. The minimum absolute atomic E-state index is 0.0220. The van der Waals surface area contributed by atoms with Gasteiger partial charge in [0.15, 0.2) is 0 Å². The number of methoxy groups -OCH3 is 2. The summed E-state index contributed by atoms with van der Waals surface area (Å²) in [4.78, 5) is 66.4. The normalized spacial score (nSPS) is 13.3. The third-order valence-electron chi connectivity index (χ3n) is 10.4. The van der Waals surface area contributed by atoms with Crippen molar-refractivity contribution < 1.29 is 38.2 Å². The van der Waals surface area contributed by atoms with Crippen molar-refractivity contribution in [2.75, 3.05) is 50.5 Å². The zero-order chi connectivity index (χ0) is 43.4. The molecule has 0 aromatic heterocycles. The molecule has 318 valence electrons. The number of nitrogens with one attached hydrogen (secondary N) is 1. The number of rotatable bonds is 21. The van der Waals surface area contributed by atoms with E-state index in [9.17, 15) is 24.0 Å². The molecule has 0 saturated heterocycles. The summed E-state index contributed by atoms with van der Waals surface area (Å²) >= 11 is 0. The lowest BCUT2D eigenvalue weighted by atomic mass is 9.86. The smallest absolute Gasteiger partial charge is 0.273 e. The minimum Gasteiger partial charge on any atom is -0.497 e. The molecule has 3 aromatic carbocycles. The van der Waals surface area contributed by atoms with Crippen molar-refractivity contribution in [2.24, 2.45) is 11.6 Å². The number of allylic oxidation sites excluding steroid dienone is 1. The molecule has 15 nitrogen and oxygen atoms in total. The lowest BCUT2D eigenvalue weighted by Gasteiger charge is -2.24. The minimum atomic E-state index is -1.05. The third-order valence-corrected chi connectivity index (χ3v) is 10.4. The van der Waals surface area contributed by atoms with Crippen LogP contribution in [-0.2, 0) is 19.8 Å². The third kappa shape index (κ3) is 11.5. The van der Waals surface area contributed by atoms with E-state index in [2.05, 4.69) is 26.1 Å². The van der Waals surface area contributed by atoms with Crippen molar-refractivity contribution in [2.45, 2.75) is 90.5 Å². The molecule has 0 bridgehead atoms. The zero-order valence-corrected chi connectivity index (χ0v) is 35.3.